The minimum atomic E-state index is 0.779. The summed E-state index contributed by atoms with van der Waals surface area (Å²) in [6.45, 7) is 4.57. The first-order valence-electron chi connectivity index (χ1n) is 7.82. The van der Waals surface area contributed by atoms with Crippen LogP contribution in [-0.2, 0) is 0 Å². The zero-order valence-electron chi connectivity index (χ0n) is 11.5. The van der Waals surface area contributed by atoms with Crippen molar-refractivity contribution in [1.29, 1.82) is 0 Å². The molecule has 0 aromatic heterocycles. The largest absolute Gasteiger partial charge is 0.330 e. The molecule has 0 bridgehead atoms. The van der Waals surface area contributed by atoms with Crippen LogP contribution in [0.2, 0.25) is 0 Å². The molecule has 0 aromatic rings. The maximum atomic E-state index is 5.99. The van der Waals surface area contributed by atoms with Crippen LogP contribution in [0.4, 0.5) is 0 Å². The third kappa shape index (κ3) is 3.23. The Morgan fingerprint density at radius 1 is 1.06 bits per heavy atom. The molecular weight excluding hydrogens is 208 g/mol. The lowest BCUT2D eigenvalue weighted by molar-refractivity contribution is 0.0370. The minimum Gasteiger partial charge on any atom is -0.330 e. The van der Waals surface area contributed by atoms with E-state index in [-0.39, 0.29) is 0 Å². The number of nitrogens with zero attached hydrogens (tertiary/aromatic N) is 1. The Balaban J connectivity index is 2.00. The van der Waals surface area contributed by atoms with Crippen molar-refractivity contribution in [3.05, 3.63) is 0 Å². The fourth-order valence-electron chi connectivity index (χ4n) is 4.00. The molecule has 0 aromatic carbocycles. The standard InChI is InChI=1S/C15H30N2/c1-2-7-14-9-5-6-11-17(14)15-10-4-3-8-13(15)12-16/h13-15H,2-12,16H2,1H3. The molecule has 2 fully saturated rings. The van der Waals surface area contributed by atoms with Crippen molar-refractivity contribution in [2.24, 2.45) is 11.7 Å². The Morgan fingerprint density at radius 3 is 2.59 bits per heavy atom. The lowest BCUT2D eigenvalue weighted by Crippen LogP contribution is -2.51. The SMILES string of the molecule is CCCC1CCCCN1C1CCCCC1CN. The second-order valence-electron chi connectivity index (χ2n) is 6.02. The molecule has 3 unspecified atom stereocenters. The summed E-state index contributed by atoms with van der Waals surface area (Å²) in [7, 11) is 0. The fraction of sp³-hybridized carbons (Fsp3) is 1.00. The van der Waals surface area contributed by atoms with E-state index in [4.69, 9.17) is 5.73 Å². The predicted octanol–water partition coefficient (Wildman–Crippen LogP) is 3.16. The molecule has 0 spiro atoms. The Bertz CT molecular complexity index is 215. The Morgan fingerprint density at radius 2 is 1.82 bits per heavy atom. The molecular formula is C15H30N2. The summed E-state index contributed by atoms with van der Waals surface area (Å²) < 4.78 is 0. The van der Waals surface area contributed by atoms with Crippen molar-refractivity contribution in [3.63, 3.8) is 0 Å². The fourth-order valence-corrected chi connectivity index (χ4v) is 4.00. The summed E-state index contributed by atoms with van der Waals surface area (Å²) in [6, 6.07) is 1.68. The molecule has 2 N–H and O–H groups in total. The summed E-state index contributed by atoms with van der Waals surface area (Å²) in [6.07, 6.45) is 12.6. The van der Waals surface area contributed by atoms with Crippen LogP contribution in [0.15, 0.2) is 0 Å². The molecule has 1 saturated heterocycles. The van der Waals surface area contributed by atoms with Crippen molar-refractivity contribution in [3.8, 4) is 0 Å². The molecule has 1 saturated carbocycles. The molecule has 0 radical (unpaired) electrons. The summed E-state index contributed by atoms with van der Waals surface area (Å²) >= 11 is 0. The maximum absolute atomic E-state index is 5.99. The van der Waals surface area contributed by atoms with Crippen molar-refractivity contribution >= 4 is 0 Å². The van der Waals surface area contributed by atoms with Gasteiger partial charge < -0.3 is 5.73 Å². The van der Waals surface area contributed by atoms with E-state index in [9.17, 15) is 0 Å². The van der Waals surface area contributed by atoms with E-state index in [1.165, 1.54) is 64.3 Å². The first-order valence-corrected chi connectivity index (χ1v) is 7.82. The minimum absolute atomic E-state index is 0.779. The second-order valence-corrected chi connectivity index (χ2v) is 6.02. The zero-order chi connectivity index (χ0) is 12.1. The number of rotatable bonds is 4. The van der Waals surface area contributed by atoms with Gasteiger partial charge in [-0.1, -0.05) is 32.6 Å². The van der Waals surface area contributed by atoms with Gasteiger partial charge in [0.2, 0.25) is 0 Å². The van der Waals surface area contributed by atoms with Crippen LogP contribution in [0, 0.1) is 5.92 Å². The van der Waals surface area contributed by atoms with Crippen LogP contribution in [0.5, 0.6) is 0 Å². The topological polar surface area (TPSA) is 29.3 Å². The van der Waals surface area contributed by atoms with Crippen molar-refractivity contribution in [1.82, 2.24) is 4.90 Å². The predicted molar refractivity (Wildman–Crippen MR) is 74.1 cm³/mol. The normalized spacial score (nSPS) is 36.0. The molecule has 2 rings (SSSR count). The summed E-state index contributed by atoms with van der Waals surface area (Å²) in [5.41, 5.74) is 5.99. The average molecular weight is 238 g/mol. The van der Waals surface area contributed by atoms with E-state index in [0.29, 0.717) is 0 Å². The molecule has 17 heavy (non-hydrogen) atoms. The van der Waals surface area contributed by atoms with Gasteiger partial charge in [-0.05, 0) is 51.1 Å². The first kappa shape index (κ1) is 13.4. The van der Waals surface area contributed by atoms with Crippen LogP contribution >= 0.6 is 0 Å². The van der Waals surface area contributed by atoms with Gasteiger partial charge in [0, 0.05) is 12.1 Å². The van der Waals surface area contributed by atoms with Crippen LogP contribution in [0.25, 0.3) is 0 Å². The van der Waals surface area contributed by atoms with Crippen LogP contribution in [-0.4, -0.2) is 30.1 Å². The lowest BCUT2D eigenvalue weighted by Gasteiger charge is -2.46. The Labute approximate surface area is 107 Å². The van der Waals surface area contributed by atoms with Crippen molar-refractivity contribution in [2.45, 2.75) is 76.8 Å². The lowest BCUT2D eigenvalue weighted by atomic mass is 9.81. The highest BCUT2D eigenvalue weighted by Gasteiger charge is 2.33. The van der Waals surface area contributed by atoms with E-state index in [2.05, 4.69) is 11.8 Å². The van der Waals surface area contributed by atoms with E-state index in [1.54, 1.807) is 0 Å². The highest BCUT2D eigenvalue weighted by atomic mass is 15.2. The third-order valence-electron chi connectivity index (χ3n) is 4.89. The van der Waals surface area contributed by atoms with Gasteiger partial charge in [-0.2, -0.15) is 0 Å². The molecule has 2 heteroatoms. The van der Waals surface area contributed by atoms with Crippen molar-refractivity contribution in [2.75, 3.05) is 13.1 Å². The van der Waals surface area contributed by atoms with Gasteiger partial charge >= 0.3 is 0 Å². The highest BCUT2D eigenvalue weighted by Crippen LogP contribution is 2.33. The summed E-state index contributed by atoms with van der Waals surface area (Å²) in [5, 5.41) is 0. The molecule has 0 amide bonds. The van der Waals surface area contributed by atoms with Gasteiger partial charge in [0.25, 0.3) is 0 Å². The van der Waals surface area contributed by atoms with E-state index in [1.807, 2.05) is 0 Å². The van der Waals surface area contributed by atoms with Gasteiger partial charge in [0.15, 0.2) is 0 Å². The zero-order valence-corrected chi connectivity index (χ0v) is 11.5. The van der Waals surface area contributed by atoms with Gasteiger partial charge in [-0.15, -0.1) is 0 Å². The maximum Gasteiger partial charge on any atom is 0.0138 e. The number of hydrogen-bond acceptors (Lipinski definition) is 2. The highest BCUT2D eigenvalue weighted by molar-refractivity contribution is 4.89. The number of hydrogen-bond donors (Lipinski definition) is 1. The Hall–Kier alpha value is -0.0800. The van der Waals surface area contributed by atoms with Gasteiger partial charge in [0.1, 0.15) is 0 Å². The van der Waals surface area contributed by atoms with E-state index >= 15 is 0 Å². The second kappa shape index (κ2) is 6.75. The smallest absolute Gasteiger partial charge is 0.0138 e. The monoisotopic (exact) mass is 238 g/mol. The van der Waals surface area contributed by atoms with Crippen molar-refractivity contribution < 1.29 is 0 Å². The Kier molecular flexibility index (Phi) is 5.30. The first-order chi connectivity index (χ1) is 8.36. The van der Waals surface area contributed by atoms with Crippen LogP contribution < -0.4 is 5.73 Å². The summed E-state index contributed by atoms with van der Waals surface area (Å²) in [4.78, 5) is 2.85. The molecule has 100 valence electrons. The van der Waals surface area contributed by atoms with Gasteiger partial charge in [-0.25, -0.2) is 0 Å². The molecule has 1 aliphatic heterocycles. The molecule has 1 heterocycles. The quantitative estimate of drug-likeness (QED) is 0.815. The summed E-state index contributed by atoms with van der Waals surface area (Å²) in [5.74, 6) is 0.779. The third-order valence-corrected chi connectivity index (χ3v) is 4.89. The number of likely N-dealkylation sites (tertiary alicyclic amines) is 1. The van der Waals surface area contributed by atoms with E-state index in [0.717, 1.165) is 24.5 Å². The van der Waals surface area contributed by atoms with Crippen LogP contribution in [0.1, 0.15) is 64.7 Å². The van der Waals surface area contributed by atoms with Crippen LogP contribution in [0.3, 0.4) is 0 Å². The molecule has 3 atom stereocenters. The molecule has 2 aliphatic rings. The van der Waals surface area contributed by atoms with Gasteiger partial charge in [0.05, 0.1) is 0 Å². The van der Waals surface area contributed by atoms with E-state index < -0.39 is 0 Å². The average Bonchev–Trinajstić information content (AvgIpc) is 2.40. The molecule has 1 aliphatic carbocycles. The number of piperidine rings is 1. The number of nitrogens with two attached hydrogens (primary N) is 1. The van der Waals surface area contributed by atoms with Gasteiger partial charge in [-0.3, -0.25) is 4.90 Å². The molecule has 2 nitrogen and oxygen atoms in total.